The summed E-state index contributed by atoms with van der Waals surface area (Å²) in [7, 11) is 2.25. The van der Waals surface area contributed by atoms with Gasteiger partial charge < -0.3 is 15.5 Å². The van der Waals surface area contributed by atoms with Crippen molar-refractivity contribution in [2.24, 2.45) is 5.92 Å². The molecule has 2 saturated heterocycles. The summed E-state index contributed by atoms with van der Waals surface area (Å²) < 4.78 is 0. The number of likely N-dealkylation sites (tertiary alicyclic amines) is 1. The molecule has 3 nitrogen and oxygen atoms in total. The Morgan fingerprint density at radius 3 is 3.00 bits per heavy atom. The van der Waals surface area contributed by atoms with Crippen molar-refractivity contribution in [1.29, 1.82) is 0 Å². The third-order valence-electron chi connectivity index (χ3n) is 3.99. The molecule has 2 fully saturated rings. The SMILES string of the molecule is CN1CCCC(CNC2CCCNCC2)C1. The summed E-state index contributed by atoms with van der Waals surface area (Å²) in [6, 6.07) is 0.766. The number of hydrogen-bond acceptors (Lipinski definition) is 3. The summed E-state index contributed by atoms with van der Waals surface area (Å²) >= 11 is 0. The first-order valence-electron chi connectivity index (χ1n) is 6.97. The molecule has 16 heavy (non-hydrogen) atoms. The Morgan fingerprint density at radius 1 is 1.19 bits per heavy atom. The summed E-state index contributed by atoms with van der Waals surface area (Å²) in [5.74, 6) is 0.884. The van der Waals surface area contributed by atoms with Crippen LogP contribution >= 0.6 is 0 Å². The second-order valence-electron chi connectivity index (χ2n) is 5.56. The van der Waals surface area contributed by atoms with Gasteiger partial charge in [0.2, 0.25) is 0 Å². The lowest BCUT2D eigenvalue weighted by Crippen LogP contribution is -2.40. The van der Waals surface area contributed by atoms with E-state index in [-0.39, 0.29) is 0 Å². The first-order valence-corrected chi connectivity index (χ1v) is 6.97. The lowest BCUT2D eigenvalue weighted by Gasteiger charge is -2.31. The van der Waals surface area contributed by atoms with E-state index in [0.29, 0.717) is 0 Å². The lowest BCUT2D eigenvalue weighted by molar-refractivity contribution is 0.201. The van der Waals surface area contributed by atoms with Crippen LogP contribution in [0.1, 0.15) is 32.1 Å². The van der Waals surface area contributed by atoms with Gasteiger partial charge in [-0.25, -0.2) is 0 Å². The van der Waals surface area contributed by atoms with E-state index in [4.69, 9.17) is 0 Å². The lowest BCUT2D eigenvalue weighted by atomic mass is 9.97. The maximum Gasteiger partial charge on any atom is 0.00797 e. The largest absolute Gasteiger partial charge is 0.317 e. The zero-order valence-corrected chi connectivity index (χ0v) is 10.7. The maximum absolute atomic E-state index is 3.79. The van der Waals surface area contributed by atoms with Crippen LogP contribution in [0.25, 0.3) is 0 Å². The third kappa shape index (κ3) is 4.04. The molecule has 2 rings (SSSR count). The highest BCUT2D eigenvalue weighted by Crippen LogP contribution is 2.15. The average Bonchev–Trinajstić information content (AvgIpc) is 2.55. The van der Waals surface area contributed by atoms with E-state index >= 15 is 0 Å². The number of nitrogens with zero attached hydrogens (tertiary/aromatic N) is 1. The second-order valence-corrected chi connectivity index (χ2v) is 5.56. The minimum absolute atomic E-state index is 0.766. The molecular weight excluding hydrogens is 198 g/mol. The Hall–Kier alpha value is -0.120. The van der Waals surface area contributed by atoms with E-state index < -0.39 is 0 Å². The summed E-state index contributed by atoms with van der Waals surface area (Å²) in [5, 5.41) is 7.26. The highest BCUT2D eigenvalue weighted by Gasteiger charge is 2.18. The topological polar surface area (TPSA) is 27.3 Å². The molecule has 0 aromatic carbocycles. The Kier molecular flexibility index (Phi) is 5.07. The fourth-order valence-corrected chi connectivity index (χ4v) is 3.00. The molecule has 0 bridgehead atoms. The van der Waals surface area contributed by atoms with E-state index in [2.05, 4.69) is 22.6 Å². The average molecular weight is 225 g/mol. The van der Waals surface area contributed by atoms with Crippen LogP contribution in [0.5, 0.6) is 0 Å². The number of hydrogen-bond donors (Lipinski definition) is 2. The summed E-state index contributed by atoms with van der Waals surface area (Å²) in [4.78, 5) is 2.48. The zero-order valence-electron chi connectivity index (χ0n) is 10.7. The predicted molar refractivity (Wildman–Crippen MR) is 68.7 cm³/mol. The van der Waals surface area contributed by atoms with Gasteiger partial charge in [-0.1, -0.05) is 0 Å². The van der Waals surface area contributed by atoms with Gasteiger partial charge in [-0.3, -0.25) is 0 Å². The fraction of sp³-hybridized carbons (Fsp3) is 1.00. The molecule has 2 atom stereocenters. The molecule has 0 saturated carbocycles. The Balaban J connectivity index is 1.65. The van der Waals surface area contributed by atoms with Crippen LogP contribution in [-0.2, 0) is 0 Å². The van der Waals surface area contributed by atoms with Gasteiger partial charge in [0.1, 0.15) is 0 Å². The molecule has 0 aliphatic carbocycles. The van der Waals surface area contributed by atoms with Gasteiger partial charge in [0.15, 0.2) is 0 Å². The summed E-state index contributed by atoms with van der Waals surface area (Å²) in [6.07, 6.45) is 6.80. The van der Waals surface area contributed by atoms with Gasteiger partial charge in [-0.2, -0.15) is 0 Å². The van der Waals surface area contributed by atoms with Crippen molar-refractivity contribution < 1.29 is 0 Å². The summed E-state index contributed by atoms with van der Waals surface area (Å²) in [5.41, 5.74) is 0. The van der Waals surface area contributed by atoms with Crippen LogP contribution in [0.2, 0.25) is 0 Å². The molecule has 3 heteroatoms. The van der Waals surface area contributed by atoms with Crippen LogP contribution in [0.3, 0.4) is 0 Å². The fourth-order valence-electron chi connectivity index (χ4n) is 3.00. The van der Waals surface area contributed by atoms with E-state index in [9.17, 15) is 0 Å². The molecular formula is C13H27N3. The number of rotatable bonds is 3. The van der Waals surface area contributed by atoms with Crippen molar-refractivity contribution in [3.63, 3.8) is 0 Å². The van der Waals surface area contributed by atoms with Gasteiger partial charge >= 0.3 is 0 Å². The Morgan fingerprint density at radius 2 is 2.12 bits per heavy atom. The Bertz CT molecular complexity index is 186. The van der Waals surface area contributed by atoms with Crippen molar-refractivity contribution >= 4 is 0 Å². The van der Waals surface area contributed by atoms with Crippen molar-refractivity contribution in [2.45, 2.75) is 38.1 Å². The molecule has 2 heterocycles. The van der Waals surface area contributed by atoms with Crippen molar-refractivity contribution in [2.75, 3.05) is 39.8 Å². The predicted octanol–water partition coefficient (Wildman–Crippen LogP) is 1.06. The smallest absolute Gasteiger partial charge is 0.00797 e. The van der Waals surface area contributed by atoms with Crippen LogP contribution in [0.15, 0.2) is 0 Å². The monoisotopic (exact) mass is 225 g/mol. The minimum atomic E-state index is 0.766. The number of piperidine rings is 1. The molecule has 94 valence electrons. The van der Waals surface area contributed by atoms with Crippen molar-refractivity contribution in [1.82, 2.24) is 15.5 Å². The highest BCUT2D eigenvalue weighted by atomic mass is 15.1. The third-order valence-corrected chi connectivity index (χ3v) is 3.99. The van der Waals surface area contributed by atoms with Crippen LogP contribution in [0.4, 0.5) is 0 Å². The van der Waals surface area contributed by atoms with Crippen molar-refractivity contribution in [3.8, 4) is 0 Å². The van der Waals surface area contributed by atoms with Gasteiger partial charge in [-0.15, -0.1) is 0 Å². The first-order chi connectivity index (χ1) is 7.84. The van der Waals surface area contributed by atoms with Crippen LogP contribution in [-0.4, -0.2) is 50.7 Å². The van der Waals surface area contributed by atoms with Gasteiger partial charge in [0.25, 0.3) is 0 Å². The van der Waals surface area contributed by atoms with E-state index in [1.165, 1.54) is 64.8 Å². The molecule has 0 spiro atoms. The van der Waals surface area contributed by atoms with E-state index in [1.807, 2.05) is 0 Å². The molecule has 0 aromatic rings. The van der Waals surface area contributed by atoms with E-state index in [0.717, 1.165) is 12.0 Å². The second kappa shape index (κ2) is 6.58. The van der Waals surface area contributed by atoms with Gasteiger partial charge in [-0.05, 0) is 71.2 Å². The molecule has 2 N–H and O–H groups in total. The standard InChI is InChI=1S/C13H27N3/c1-16-9-3-4-12(11-16)10-15-13-5-2-7-14-8-6-13/h12-15H,2-11H2,1H3. The summed E-state index contributed by atoms with van der Waals surface area (Å²) in [6.45, 7) is 6.23. The number of nitrogens with one attached hydrogen (secondary N) is 2. The molecule has 0 radical (unpaired) electrons. The molecule has 2 aliphatic heterocycles. The van der Waals surface area contributed by atoms with E-state index in [1.54, 1.807) is 0 Å². The molecule has 0 amide bonds. The highest BCUT2D eigenvalue weighted by molar-refractivity contribution is 4.77. The molecule has 2 aliphatic rings. The van der Waals surface area contributed by atoms with Gasteiger partial charge in [0, 0.05) is 12.6 Å². The van der Waals surface area contributed by atoms with Crippen LogP contribution in [0, 0.1) is 5.92 Å². The zero-order chi connectivity index (χ0) is 11.2. The van der Waals surface area contributed by atoms with Crippen LogP contribution < -0.4 is 10.6 Å². The molecule has 2 unspecified atom stereocenters. The minimum Gasteiger partial charge on any atom is -0.317 e. The first kappa shape index (κ1) is 12.3. The maximum atomic E-state index is 3.79. The normalized spacial score (nSPS) is 33.6. The Labute approximate surface area is 100.0 Å². The quantitative estimate of drug-likeness (QED) is 0.752. The molecule has 0 aromatic heterocycles. The van der Waals surface area contributed by atoms with Gasteiger partial charge in [0.05, 0.1) is 0 Å². The van der Waals surface area contributed by atoms with Crippen molar-refractivity contribution in [3.05, 3.63) is 0 Å².